The molecule has 0 saturated heterocycles. The van der Waals surface area contributed by atoms with Crippen molar-refractivity contribution in [3.05, 3.63) is 133 Å². The molecule has 2 aromatic heterocycles. The molecule has 2 heterocycles. The monoisotopic (exact) mass is 501 g/mol. The summed E-state index contributed by atoms with van der Waals surface area (Å²) in [6, 6.07) is 48.5. The average Bonchev–Trinajstić information content (AvgIpc) is 3.55. The Kier molecular flexibility index (Phi) is 4.76. The Balaban J connectivity index is 1.33. The highest BCUT2D eigenvalue weighted by Gasteiger charge is 2.14. The van der Waals surface area contributed by atoms with Gasteiger partial charge in [-0.15, -0.1) is 11.3 Å². The smallest absolute Gasteiger partial charge is 0.0544 e. The fourth-order valence-electron chi connectivity index (χ4n) is 5.75. The van der Waals surface area contributed by atoms with E-state index in [-0.39, 0.29) is 0 Å². The van der Waals surface area contributed by atoms with Gasteiger partial charge in [0.2, 0.25) is 0 Å². The highest BCUT2D eigenvalue weighted by molar-refractivity contribution is 7.25. The zero-order valence-electron chi connectivity index (χ0n) is 20.6. The molecule has 2 heteroatoms. The van der Waals surface area contributed by atoms with Crippen molar-refractivity contribution in [2.24, 2.45) is 0 Å². The lowest BCUT2D eigenvalue weighted by Crippen LogP contribution is -1.86. The Morgan fingerprint density at radius 1 is 0.395 bits per heavy atom. The molecule has 0 amide bonds. The van der Waals surface area contributed by atoms with Gasteiger partial charge in [0.1, 0.15) is 0 Å². The Bertz CT molecular complexity index is 2130. The van der Waals surface area contributed by atoms with Crippen LogP contribution in [0.5, 0.6) is 0 Å². The zero-order chi connectivity index (χ0) is 25.1. The Hall–Kier alpha value is -4.66. The molecule has 0 fully saturated rings. The minimum absolute atomic E-state index is 1.17. The number of hydrogen-bond acceptors (Lipinski definition) is 1. The fraction of sp³-hybridized carbons (Fsp3) is 0. The van der Waals surface area contributed by atoms with Crippen LogP contribution in [0.3, 0.4) is 0 Å². The van der Waals surface area contributed by atoms with Crippen molar-refractivity contribution in [3.63, 3.8) is 0 Å². The molecule has 178 valence electrons. The number of aromatic nitrogens is 1. The molecular formula is C36H23NS. The largest absolute Gasteiger partial charge is 0.354 e. The first-order valence-electron chi connectivity index (χ1n) is 12.9. The highest BCUT2D eigenvalue weighted by atomic mass is 32.1. The number of H-pyrrole nitrogens is 1. The van der Waals surface area contributed by atoms with Crippen molar-refractivity contribution in [2.75, 3.05) is 0 Å². The molecule has 0 aliphatic carbocycles. The lowest BCUT2D eigenvalue weighted by molar-refractivity contribution is 1.53. The van der Waals surface area contributed by atoms with Crippen molar-refractivity contribution in [1.29, 1.82) is 0 Å². The van der Waals surface area contributed by atoms with Gasteiger partial charge in [0.05, 0.1) is 5.52 Å². The van der Waals surface area contributed by atoms with Crippen molar-refractivity contribution in [1.82, 2.24) is 4.98 Å². The average molecular weight is 502 g/mol. The number of para-hydroxylation sites is 1. The minimum Gasteiger partial charge on any atom is -0.354 e. The van der Waals surface area contributed by atoms with Gasteiger partial charge >= 0.3 is 0 Å². The quantitative estimate of drug-likeness (QED) is 0.248. The summed E-state index contributed by atoms with van der Waals surface area (Å²) in [5, 5.41) is 5.19. The summed E-state index contributed by atoms with van der Waals surface area (Å²) >= 11 is 1.87. The standard InChI is InChI=1S/C36H23NS/c1-2-9-23(10-3-1)27-20-31(36-32(21-27)28-13-4-6-15-33(28)37-36)26-12-8-11-24(19-26)25-17-18-30-29-14-5-7-16-34(29)38-35(30)22-25/h1-22,37H. The molecule has 0 unspecified atom stereocenters. The Labute approximate surface area is 224 Å². The van der Waals surface area contributed by atoms with E-state index in [1.54, 1.807) is 0 Å². The topological polar surface area (TPSA) is 15.8 Å². The highest BCUT2D eigenvalue weighted by Crippen LogP contribution is 2.40. The van der Waals surface area contributed by atoms with Crippen LogP contribution in [0.4, 0.5) is 0 Å². The van der Waals surface area contributed by atoms with Gasteiger partial charge in [-0.2, -0.15) is 0 Å². The summed E-state index contributed by atoms with van der Waals surface area (Å²) < 4.78 is 2.67. The Morgan fingerprint density at radius 2 is 1.11 bits per heavy atom. The molecule has 0 atom stereocenters. The van der Waals surface area contributed by atoms with E-state index in [9.17, 15) is 0 Å². The van der Waals surface area contributed by atoms with Gasteiger partial charge in [-0.1, -0.05) is 97.1 Å². The van der Waals surface area contributed by atoms with Gasteiger partial charge in [0, 0.05) is 42.0 Å². The summed E-state index contributed by atoms with van der Waals surface area (Å²) in [4.78, 5) is 3.72. The first kappa shape index (κ1) is 21.4. The van der Waals surface area contributed by atoms with Crippen LogP contribution in [-0.2, 0) is 0 Å². The maximum atomic E-state index is 3.72. The molecule has 1 N–H and O–H groups in total. The number of hydrogen-bond donors (Lipinski definition) is 1. The molecule has 0 aliphatic rings. The summed E-state index contributed by atoms with van der Waals surface area (Å²) in [5.74, 6) is 0. The minimum atomic E-state index is 1.17. The molecule has 0 aliphatic heterocycles. The molecular weight excluding hydrogens is 478 g/mol. The second-order valence-electron chi connectivity index (χ2n) is 9.87. The summed E-state index contributed by atoms with van der Waals surface area (Å²) in [6.07, 6.45) is 0. The second-order valence-corrected chi connectivity index (χ2v) is 11.0. The van der Waals surface area contributed by atoms with Gasteiger partial charge < -0.3 is 4.98 Å². The van der Waals surface area contributed by atoms with Gasteiger partial charge in [-0.25, -0.2) is 0 Å². The summed E-state index contributed by atoms with van der Waals surface area (Å²) in [7, 11) is 0. The number of benzene rings is 6. The van der Waals surface area contributed by atoms with E-state index < -0.39 is 0 Å². The van der Waals surface area contributed by atoms with Crippen LogP contribution in [0.15, 0.2) is 133 Å². The predicted molar refractivity (Wildman–Crippen MR) is 165 cm³/mol. The number of nitrogens with one attached hydrogen (secondary N) is 1. The van der Waals surface area contributed by atoms with E-state index in [4.69, 9.17) is 0 Å². The van der Waals surface area contributed by atoms with Crippen LogP contribution in [-0.4, -0.2) is 4.98 Å². The Morgan fingerprint density at radius 3 is 2.03 bits per heavy atom. The normalized spacial score (nSPS) is 11.7. The van der Waals surface area contributed by atoms with Crippen molar-refractivity contribution in [3.8, 4) is 33.4 Å². The maximum absolute atomic E-state index is 3.72. The molecule has 0 bridgehead atoms. The predicted octanol–water partition coefficient (Wildman–Crippen LogP) is 10.7. The van der Waals surface area contributed by atoms with Crippen LogP contribution in [0.2, 0.25) is 0 Å². The van der Waals surface area contributed by atoms with Crippen LogP contribution in [0.1, 0.15) is 0 Å². The van der Waals surface area contributed by atoms with Crippen LogP contribution < -0.4 is 0 Å². The molecule has 6 aromatic carbocycles. The lowest BCUT2D eigenvalue weighted by Gasteiger charge is -2.11. The van der Waals surface area contributed by atoms with E-state index >= 15 is 0 Å². The number of thiophene rings is 1. The van der Waals surface area contributed by atoms with Crippen molar-refractivity contribution in [2.45, 2.75) is 0 Å². The molecule has 0 radical (unpaired) electrons. The van der Waals surface area contributed by atoms with Gasteiger partial charge in [-0.05, 0) is 64.2 Å². The van der Waals surface area contributed by atoms with Crippen LogP contribution in [0, 0.1) is 0 Å². The third kappa shape index (κ3) is 3.38. The van der Waals surface area contributed by atoms with Gasteiger partial charge in [0.25, 0.3) is 0 Å². The summed E-state index contributed by atoms with van der Waals surface area (Å²) in [5.41, 5.74) is 9.73. The number of rotatable bonds is 3. The van der Waals surface area contributed by atoms with Gasteiger partial charge in [0.15, 0.2) is 0 Å². The third-order valence-corrected chi connectivity index (χ3v) is 8.74. The van der Waals surface area contributed by atoms with Crippen LogP contribution in [0.25, 0.3) is 75.4 Å². The number of fused-ring (bicyclic) bond motifs is 6. The van der Waals surface area contributed by atoms with E-state index in [0.29, 0.717) is 0 Å². The third-order valence-electron chi connectivity index (χ3n) is 7.61. The zero-order valence-corrected chi connectivity index (χ0v) is 21.4. The number of aromatic amines is 1. The molecule has 8 aromatic rings. The van der Waals surface area contributed by atoms with Gasteiger partial charge in [-0.3, -0.25) is 0 Å². The maximum Gasteiger partial charge on any atom is 0.0544 e. The van der Waals surface area contributed by atoms with Crippen molar-refractivity contribution < 1.29 is 0 Å². The fourth-order valence-corrected chi connectivity index (χ4v) is 6.89. The SMILES string of the molecule is c1ccc(-c2cc(-c3cccc(-c4ccc5c(c4)sc4ccccc45)c3)c3[nH]c4ccccc4c3c2)cc1. The van der Waals surface area contributed by atoms with E-state index in [1.165, 1.54) is 75.4 Å². The van der Waals surface area contributed by atoms with E-state index in [1.807, 2.05) is 11.3 Å². The molecule has 1 nitrogen and oxygen atoms in total. The first-order chi connectivity index (χ1) is 18.8. The molecule has 8 rings (SSSR count). The molecule has 0 saturated carbocycles. The van der Waals surface area contributed by atoms with E-state index in [0.717, 1.165) is 0 Å². The molecule has 38 heavy (non-hydrogen) atoms. The summed E-state index contributed by atoms with van der Waals surface area (Å²) in [6.45, 7) is 0. The molecule has 0 spiro atoms. The van der Waals surface area contributed by atoms with E-state index in [2.05, 4.69) is 138 Å². The lowest BCUT2D eigenvalue weighted by atomic mass is 9.93. The van der Waals surface area contributed by atoms with Crippen molar-refractivity contribution >= 4 is 53.3 Å². The first-order valence-corrected chi connectivity index (χ1v) is 13.8. The second kappa shape index (κ2) is 8.44. The van der Waals surface area contributed by atoms with Crippen LogP contribution >= 0.6 is 11.3 Å².